The maximum atomic E-state index is 12.7. The number of carbonyl (C=O) groups is 1. The number of aliphatic hydroxyl groups is 1. The molecule has 180 valence electrons. The summed E-state index contributed by atoms with van der Waals surface area (Å²) in [4.78, 5) is 21.3. The quantitative estimate of drug-likeness (QED) is 0.410. The summed E-state index contributed by atoms with van der Waals surface area (Å²) in [5, 5.41) is 32.0. The molecule has 1 aliphatic heterocycles. The molecule has 0 saturated carbocycles. The molecule has 9 nitrogen and oxygen atoms in total. The topological polar surface area (TPSA) is 139 Å². The fourth-order valence-electron chi connectivity index (χ4n) is 4.22. The maximum Gasteiger partial charge on any atom is 0.238 e. The molecule has 9 heteroatoms. The zero-order valence-electron chi connectivity index (χ0n) is 19.3. The van der Waals surface area contributed by atoms with Crippen molar-refractivity contribution in [2.24, 2.45) is 0 Å². The first-order valence-electron chi connectivity index (χ1n) is 11.4. The number of anilines is 2. The largest absolute Gasteiger partial charge is 0.507 e. The van der Waals surface area contributed by atoms with E-state index in [1.54, 1.807) is 48.5 Å². The van der Waals surface area contributed by atoms with Crippen LogP contribution in [0.15, 0.2) is 54.6 Å². The van der Waals surface area contributed by atoms with E-state index in [2.05, 4.69) is 26.2 Å². The predicted molar refractivity (Wildman–Crippen MR) is 134 cm³/mol. The lowest BCUT2D eigenvalue weighted by Crippen LogP contribution is -2.49. The number of nitrogen functional groups attached to an aromatic ring is 1. The van der Waals surface area contributed by atoms with Gasteiger partial charge in [0.25, 0.3) is 0 Å². The van der Waals surface area contributed by atoms with Crippen molar-refractivity contribution in [2.45, 2.75) is 0 Å². The number of phenolic OH excluding ortho intramolecular Hbond substituents is 1. The van der Waals surface area contributed by atoms with Crippen LogP contribution in [0.2, 0.25) is 0 Å². The van der Waals surface area contributed by atoms with Gasteiger partial charge in [0, 0.05) is 49.5 Å². The molecule has 0 radical (unpaired) electrons. The molecule has 1 saturated heterocycles. The van der Waals surface area contributed by atoms with Gasteiger partial charge in [-0.15, -0.1) is 0 Å². The standard InChI is InChI=1S/C26H28N6O3/c27-16-22-21(15-23(30-26(22)28)20-6-1-2-7-24(20)34)18-4-3-5-19(14-18)29-25(35)17-32-10-8-31(9-11-32)12-13-33/h1-7,14-15,33-34H,8-13,17H2,(H2,28,30)(H,29,35). The SMILES string of the molecule is N#Cc1c(-c2cccc(NC(=O)CN3CCN(CCO)CC3)c2)cc(-c2ccccc2O)nc1N. The molecule has 0 bridgehead atoms. The van der Waals surface area contributed by atoms with Crippen LogP contribution in [0.25, 0.3) is 22.4 Å². The van der Waals surface area contributed by atoms with Crippen LogP contribution < -0.4 is 11.1 Å². The number of aliphatic hydroxyl groups excluding tert-OH is 1. The van der Waals surface area contributed by atoms with E-state index in [1.807, 2.05) is 6.07 Å². The van der Waals surface area contributed by atoms with Crippen molar-refractivity contribution < 1.29 is 15.0 Å². The number of nitriles is 1. The fraction of sp³-hybridized carbons (Fsp3) is 0.269. The number of para-hydroxylation sites is 1. The molecule has 0 unspecified atom stereocenters. The number of amides is 1. The number of carbonyl (C=O) groups excluding carboxylic acids is 1. The highest BCUT2D eigenvalue weighted by molar-refractivity contribution is 5.93. The normalized spacial score (nSPS) is 14.4. The van der Waals surface area contributed by atoms with E-state index >= 15 is 0 Å². The van der Waals surface area contributed by atoms with Crippen LogP contribution in [0, 0.1) is 11.3 Å². The van der Waals surface area contributed by atoms with Crippen molar-refractivity contribution >= 4 is 17.4 Å². The van der Waals surface area contributed by atoms with Crippen molar-refractivity contribution in [2.75, 3.05) is 56.9 Å². The number of β-amino-alcohol motifs (C(OH)–C–C–N with tert-alkyl or cyclic N) is 1. The summed E-state index contributed by atoms with van der Waals surface area (Å²) in [6, 6.07) is 17.9. The van der Waals surface area contributed by atoms with Gasteiger partial charge in [0.2, 0.25) is 5.91 Å². The molecular formula is C26H28N6O3. The molecule has 1 aromatic heterocycles. The van der Waals surface area contributed by atoms with Crippen LogP contribution in [0.4, 0.5) is 11.5 Å². The van der Waals surface area contributed by atoms with Gasteiger partial charge in [-0.3, -0.25) is 14.6 Å². The van der Waals surface area contributed by atoms with Crippen LogP contribution in [-0.2, 0) is 4.79 Å². The Balaban J connectivity index is 1.53. The summed E-state index contributed by atoms with van der Waals surface area (Å²) < 4.78 is 0. The number of aromatic nitrogens is 1. The second kappa shape index (κ2) is 11.0. The van der Waals surface area contributed by atoms with E-state index in [9.17, 15) is 15.2 Å². The van der Waals surface area contributed by atoms with Crippen LogP contribution in [0.3, 0.4) is 0 Å². The Labute approximate surface area is 204 Å². The maximum absolute atomic E-state index is 12.7. The number of hydrogen-bond donors (Lipinski definition) is 4. The lowest BCUT2D eigenvalue weighted by molar-refractivity contribution is -0.117. The molecule has 1 amide bonds. The minimum absolute atomic E-state index is 0.0632. The van der Waals surface area contributed by atoms with Crippen LogP contribution >= 0.6 is 0 Å². The van der Waals surface area contributed by atoms with E-state index < -0.39 is 0 Å². The zero-order valence-corrected chi connectivity index (χ0v) is 19.3. The van der Waals surface area contributed by atoms with Gasteiger partial charge in [-0.2, -0.15) is 5.26 Å². The van der Waals surface area contributed by atoms with Gasteiger partial charge in [0.1, 0.15) is 23.2 Å². The minimum atomic E-state index is -0.123. The lowest BCUT2D eigenvalue weighted by atomic mass is 9.98. The number of aromatic hydroxyl groups is 1. The molecule has 4 rings (SSSR count). The van der Waals surface area contributed by atoms with Gasteiger partial charge in [0.15, 0.2) is 0 Å². The second-order valence-electron chi connectivity index (χ2n) is 8.41. The summed E-state index contributed by atoms with van der Waals surface area (Å²) in [7, 11) is 0. The van der Waals surface area contributed by atoms with Crippen molar-refractivity contribution in [1.82, 2.24) is 14.8 Å². The van der Waals surface area contributed by atoms with Gasteiger partial charge >= 0.3 is 0 Å². The molecule has 0 spiro atoms. The number of nitrogens with one attached hydrogen (secondary N) is 1. The Morgan fingerprint density at radius 3 is 2.51 bits per heavy atom. The highest BCUT2D eigenvalue weighted by Gasteiger charge is 2.19. The number of phenols is 1. The average molecular weight is 473 g/mol. The molecule has 1 aliphatic rings. The third-order valence-corrected chi connectivity index (χ3v) is 6.04. The highest BCUT2D eigenvalue weighted by atomic mass is 16.3. The van der Waals surface area contributed by atoms with Crippen LogP contribution in [0.1, 0.15) is 5.56 Å². The van der Waals surface area contributed by atoms with Crippen molar-refractivity contribution in [3.63, 3.8) is 0 Å². The molecule has 35 heavy (non-hydrogen) atoms. The Hall–Kier alpha value is -3.97. The summed E-state index contributed by atoms with van der Waals surface area (Å²) in [5.41, 5.74) is 9.16. The summed E-state index contributed by atoms with van der Waals surface area (Å²) in [6.45, 7) is 4.26. The third kappa shape index (κ3) is 5.75. The van der Waals surface area contributed by atoms with Crippen LogP contribution in [-0.4, -0.2) is 76.8 Å². The average Bonchev–Trinajstić information content (AvgIpc) is 2.85. The number of benzene rings is 2. The molecule has 2 heterocycles. The predicted octanol–water partition coefficient (Wildman–Crippen LogP) is 2.12. The number of pyridine rings is 1. The van der Waals surface area contributed by atoms with Crippen molar-refractivity contribution in [3.05, 3.63) is 60.2 Å². The zero-order chi connectivity index (χ0) is 24.8. The Morgan fingerprint density at radius 1 is 1.06 bits per heavy atom. The van der Waals surface area contributed by atoms with E-state index in [4.69, 9.17) is 10.8 Å². The molecule has 0 atom stereocenters. The molecule has 5 N–H and O–H groups in total. The smallest absolute Gasteiger partial charge is 0.238 e. The Morgan fingerprint density at radius 2 is 1.80 bits per heavy atom. The number of piperazine rings is 1. The molecule has 0 aliphatic carbocycles. The minimum Gasteiger partial charge on any atom is -0.507 e. The van der Waals surface area contributed by atoms with E-state index in [1.165, 1.54) is 0 Å². The molecule has 1 fully saturated rings. The molecule has 2 aromatic carbocycles. The lowest BCUT2D eigenvalue weighted by Gasteiger charge is -2.33. The van der Waals surface area contributed by atoms with E-state index in [0.29, 0.717) is 34.6 Å². The summed E-state index contributed by atoms with van der Waals surface area (Å²) in [6.07, 6.45) is 0. The van der Waals surface area contributed by atoms with Crippen molar-refractivity contribution in [1.29, 1.82) is 5.26 Å². The van der Waals surface area contributed by atoms with Crippen molar-refractivity contribution in [3.8, 4) is 34.2 Å². The van der Waals surface area contributed by atoms with E-state index in [-0.39, 0.29) is 36.2 Å². The van der Waals surface area contributed by atoms with Gasteiger partial charge in [0.05, 0.1) is 18.8 Å². The fourth-order valence-corrected chi connectivity index (χ4v) is 4.22. The van der Waals surface area contributed by atoms with Gasteiger partial charge in [-0.1, -0.05) is 24.3 Å². The Bertz CT molecular complexity index is 1250. The number of rotatable bonds is 7. The summed E-state index contributed by atoms with van der Waals surface area (Å²) in [5.74, 6) is 0.00806. The van der Waals surface area contributed by atoms with Gasteiger partial charge in [-0.25, -0.2) is 4.98 Å². The number of nitrogens with zero attached hydrogens (tertiary/aromatic N) is 4. The first-order valence-corrected chi connectivity index (χ1v) is 11.4. The molecular weight excluding hydrogens is 444 g/mol. The second-order valence-corrected chi connectivity index (χ2v) is 8.41. The third-order valence-electron chi connectivity index (χ3n) is 6.04. The van der Waals surface area contributed by atoms with E-state index in [0.717, 1.165) is 26.2 Å². The number of nitrogens with two attached hydrogens (primary N) is 1. The monoisotopic (exact) mass is 472 g/mol. The molecule has 3 aromatic rings. The van der Waals surface area contributed by atoms with Gasteiger partial charge in [-0.05, 0) is 35.9 Å². The highest BCUT2D eigenvalue weighted by Crippen LogP contribution is 2.35. The first kappa shape index (κ1) is 24.2. The van der Waals surface area contributed by atoms with Gasteiger partial charge < -0.3 is 21.3 Å². The first-order chi connectivity index (χ1) is 17.0. The van der Waals surface area contributed by atoms with Crippen LogP contribution in [0.5, 0.6) is 5.75 Å². The summed E-state index contributed by atoms with van der Waals surface area (Å²) >= 11 is 0. The Kier molecular flexibility index (Phi) is 7.57. The number of hydrogen-bond acceptors (Lipinski definition) is 8.